The van der Waals surface area contributed by atoms with Crippen LogP contribution in [0.2, 0.25) is 0 Å². The molecule has 1 aromatic carbocycles. The number of aromatic nitrogens is 2. The number of anilines is 1. The van der Waals surface area contributed by atoms with E-state index < -0.39 is 0 Å². The third-order valence-corrected chi connectivity index (χ3v) is 6.33. The van der Waals surface area contributed by atoms with Crippen molar-refractivity contribution in [2.45, 2.75) is 31.6 Å². The number of allylic oxidation sites excluding steroid dienone is 2. The smallest absolute Gasteiger partial charge is 0.156 e. The fourth-order valence-electron chi connectivity index (χ4n) is 4.83. The number of nitrogens with zero attached hydrogens (tertiary/aromatic N) is 3. The molecule has 3 aliphatic rings. The molecule has 29 heavy (non-hydrogen) atoms. The number of nitriles is 1. The fraction of sp³-hybridized carbons (Fsp3) is 0.455. The summed E-state index contributed by atoms with van der Waals surface area (Å²) in [5.74, 6) is 2.02. The molecule has 4 heterocycles. The van der Waals surface area contributed by atoms with E-state index in [0.29, 0.717) is 5.92 Å². The highest BCUT2D eigenvalue weighted by Gasteiger charge is 2.37. The molecule has 152 valence electrons. The molecule has 0 radical (unpaired) electrons. The van der Waals surface area contributed by atoms with Gasteiger partial charge in [0.2, 0.25) is 0 Å². The highest BCUT2D eigenvalue weighted by atomic mass is 35.5. The predicted octanol–water partition coefficient (Wildman–Crippen LogP) is 3.83. The molecule has 0 amide bonds. The summed E-state index contributed by atoms with van der Waals surface area (Å²) in [6.07, 6.45) is 6.10. The van der Waals surface area contributed by atoms with E-state index in [1.54, 1.807) is 0 Å². The van der Waals surface area contributed by atoms with Gasteiger partial charge in [-0.3, -0.25) is 5.10 Å². The lowest BCUT2D eigenvalue weighted by Gasteiger charge is -2.35. The van der Waals surface area contributed by atoms with Crippen LogP contribution < -0.4 is 10.1 Å². The van der Waals surface area contributed by atoms with Crippen molar-refractivity contribution in [2.24, 2.45) is 5.92 Å². The Morgan fingerprint density at radius 1 is 1.24 bits per heavy atom. The molecule has 2 aromatic rings. The Morgan fingerprint density at radius 2 is 2.07 bits per heavy atom. The van der Waals surface area contributed by atoms with Gasteiger partial charge in [-0.05, 0) is 51.4 Å². The van der Waals surface area contributed by atoms with Crippen molar-refractivity contribution < 1.29 is 4.74 Å². The molecule has 0 bridgehead atoms. The van der Waals surface area contributed by atoms with Crippen LogP contribution >= 0.6 is 12.4 Å². The monoisotopic (exact) mass is 411 g/mol. The van der Waals surface area contributed by atoms with E-state index in [1.807, 2.05) is 6.20 Å². The molecular weight excluding hydrogens is 386 g/mol. The fourth-order valence-corrected chi connectivity index (χ4v) is 4.83. The quantitative estimate of drug-likeness (QED) is 0.785. The highest BCUT2D eigenvalue weighted by molar-refractivity contribution is 5.85. The van der Waals surface area contributed by atoms with Crippen molar-refractivity contribution in [3.63, 3.8) is 0 Å². The Labute approximate surface area is 177 Å². The Morgan fingerprint density at radius 3 is 2.86 bits per heavy atom. The summed E-state index contributed by atoms with van der Waals surface area (Å²) < 4.78 is 6.10. The summed E-state index contributed by atoms with van der Waals surface area (Å²) >= 11 is 0. The van der Waals surface area contributed by atoms with Gasteiger partial charge < -0.3 is 15.0 Å². The number of aromatic amines is 1. The van der Waals surface area contributed by atoms with Crippen LogP contribution in [-0.2, 0) is 6.42 Å². The Kier molecular flexibility index (Phi) is 5.53. The van der Waals surface area contributed by atoms with Gasteiger partial charge in [-0.25, -0.2) is 0 Å². The van der Waals surface area contributed by atoms with Crippen LogP contribution in [0.25, 0.3) is 0 Å². The molecule has 6 nitrogen and oxygen atoms in total. The first-order valence-corrected chi connectivity index (χ1v) is 10.1. The van der Waals surface area contributed by atoms with Gasteiger partial charge >= 0.3 is 0 Å². The SMILES string of the molecule is CN1CCC(C2=C(C#N)C(c3cccc4c3OCCC4)c3c[nH]nc3N2)CC1.Cl. The van der Waals surface area contributed by atoms with E-state index in [9.17, 15) is 5.26 Å². The van der Waals surface area contributed by atoms with Gasteiger partial charge in [0, 0.05) is 28.9 Å². The molecule has 0 saturated carbocycles. The van der Waals surface area contributed by atoms with Gasteiger partial charge in [0.25, 0.3) is 0 Å². The number of halogens is 1. The third-order valence-electron chi connectivity index (χ3n) is 6.33. The number of hydrogen-bond donors (Lipinski definition) is 2. The van der Waals surface area contributed by atoms with Crippen LogP contribution in [0.4, 0.5) is 5.82 Å². The largest absolute Gasteiger partial charge is 0.493 e. The zero-order chi connectivity index (χ0) is 19.1. The molecule has 7 heteroatoms. The molecule has 3 aliphatic heterocycles. The Hall–Kier alpha value is -2.49. The second-order valence-corrected chi connectivity index (χ2v) is 8.05. The van der Waals surface area contributed by atoms with Crippen LogP contribution in [0.5, 0.6) is 5.75 Å². The van der Waals surface area contributed by atoms with Gasteiger partial charge in [-0.1, -0.05) is 18.2 Å². The summed E-state index contributed by atoms with van der Waals surface area (Å²) in [6, 6.07) is 8.90. The molecule has 1 aromatic heterocycles. The summed E-state index contributed by atoms with van der Waals surface area (Å²) in [6.45, 7) is 2.84. The zero-order valence-corrected chi connectivity index (χ0v) is 17.4. The average molecular weight is 412 g/mol. The van der Waals surface area contributed by atoms with E-state index >= 15 is 0 Å². The Bertz CT molecular complexity index is 968. The number of rotatable bonds is 2. The second-order valence-electron chi connectivity index (χ2n) is 8.05. The maximum absolute atomic E-state index is 10.2. The van der Waals surface area contributed by atoms with Gasteiger partial charge in [0.15, 0.2) is 5.82 Å². The first-order chi connectivity index (χ1) is 13.8. The minimum atomic E-state index is -0.136. The number of fused-ring (bicyclic) bond motifs is 2. The molecule has 1 atom stereocenters. The van der Waals surface area contributed by atoms with Crippen LogP contribution in [0.15, 0.2) is 35.7 Å². The lowest BCUT2D eigenvalue weighted by molar-refractivity contribution is 0.238. The molecule has 1 saturated heterocycles. The topological polar surface area (TPSA) is 77.0 Å². The number of nitrogens with one attached hydrogen (secondary N) is 2. The highest BCUT2D eigenvalue weighted by Crippen LogP contribution is 2.47. The van der Waals surface area contributed by atoms with Crippen LogP contribution in [0, 0.1) is 17.2 Å². The number of H-pyrrole nitrogens is 1. The minimum absolute atomic E-state index is 0. The normalized spacial score (nSPS) is 21.9. The van der Waals surface area contributed by atoms with Crippen molar-refractivity contribution in [2.75, 3.05) is 32.1 Å². The Balaban J connectivity index is 0.00000205. The van der Waals surface area contributed by atoms with Gasteiger partial charge in [-0.15, -0.1) is 12.4 Å². The van der Waals surface area contributed by atoms with E-state index in [-0.39, 0.29) is 18.3 Å². The van der Waals surface area contributed by atoms with Gasteiger partial charge in [0.1, 0.15) is 5.75 Å². The van der Waals surface area contributed by atoms with Crippen molar-refractivity contribution in [1.82, 2.24) is 15.1 Å². The number of hydrogen-bond acceptors (Lipinski definition) is 5. The van der Waals surface area contributed by atoms with E-state index in [2.05, 4.69) is 51.7 Å². The van der Waals surface area contributed by atoms with Crippen molar-refractivity contribution in [3.05, 3.63) is 52.4 Å². The number of likely N-dealkylation sites (tertiary alicyclic amines) is 1. The van der Waals surface area contributed by atoms with E-state index in [1.165, 1.54) is 5.56 Å². The molecule has 1 unspecified atom stereocenters. The lowest BCUT2D eigenvalue weighted by atomic mass is 9.78. The zero-order valence-electron chi connectivity index (χ0n) is 16.6. The first kappa shape index (κ1) is 19.8. The molecule has 0 spiro atoms. The van der Waals surface area contributed by atoms with Crippen LogP contribution in [-0.4, -0.2) is 41.8 Å². The predicted molar refractivity (Wildman–Crippen MR) is 114 cm³/mol. The number of ether oxygens (including phenoxy) is 1. The summed E-state index contributed by atoms with van der Waals surface area (Å²) in [5, 5.41) is 21.2. The van der Waals surface area contributed by atoms with E-state index in [0.717, 1.165) is 79.3 Å². The molecule has 0 aliphatic carbocycles. The van der Waals surface area contributed by atoms with Crippen LogP contribution in [0.1, 0.15) is 41.9 Å². The number of para-hydroxylation sites is 1. The van der Waals surface area contributed by atoms with Gasteiger partial charge in [-0.2, -0.15) is 10.4 Å². The lowest BCUT2D eigenvalue weighted by Crippen LogP contribution is -2.34. The summed E-state index contributed by atoms with van der Waals surface area (Å²) in [5.41, 5.74) is 5.21. The third kappa shape index (κ3) is 3.39. The summed E-state index contributed by atoms with van der Waals surface area (Å²) in [4.78, 5) is 2.35. The van der Waals surface area contributed by atoms with Crippen molar-refractivity contribution in [3.8, 4) is 11.8 Å². The molecular formula is C22H26ClN5O. The minimum Gasteiger partial charge on any atom is -0.493 e. The number of aryl methyl sites for hydroxylation is 1. The molecule has 5 rings (SSSR count). The average Bonchev–Trinajstić information content (AvgIpc) is 3.21. The van der Waals surface area contributed by atoms with Crippen LogP contribution in [0.3, 0.4) is 0 Å². The van der Waals surface area contributed by atoms with E-state index in [4.69, 9.17) is 4.74 Å². The summed E-state index contributed by atoms with van der Waals surface area (Å²) in [7, 11) is 2.16. The number of piperidine rings is 1. The maximum Gasteiger partial charge on any atom is 0.156 e. The molecule has 2 N–H and O–H groups in total. The standard InChI is InChI=1S/C22H25N5O.ClH/c1-27-9-7-14(8-10-27)20-17(12-23)19(18-13-24-26-22(18)25-20)16-6-2-4-15-5-3-11-28-21(15)16;/h2,4,6,13-14,19H,3,5,7-11H2,1H3,(H2,24,25,26);1H. The second kappa shape index (κ2) is 8.10. The first-order valence-electron chi connectivity index (χ1n) is 10.1. The van der Waals surface area contributed by atoms with Crippen molar-refractivity contribution in [1.29, 1.82) is 5.26 Å². The van der Waals surface area contributed by atoms with Crippen molar-refractivity contribution >= 4 is 18.2 Å². The molecule has 1 fully saturated rings. The van der Waals surface area contributed by atoms with Gasteiger partial charge in [0.05, 0.1) is 24.2 Å². The maximum atomic E-state index is 10.2. The number of benzene rings is 1.